The second-order valence-corrected chi connectivity index (χ2v) is 7.30. The van der Waals surface area contributed by atoms with Crippen LogP contribution in [0.2, 0.25) is 0 Å². The van der Waals surface area contributed by atoms with Gasteiger partial charge in [0, 0.05) is 18.9 Å². The lowest BCUT2D eigenvalue weighted by Crippen LogP contribution is -2.24. The Morgan fingerprint density at radius 1 is 1.23 bits per heavy atom. The monoisotopic (exact) mass is 417 g/mol. The number of aromatic hydroxyl groups is 2. The number of hydrogen-bond donors (Lipinski definition) is 3. The van der Waals surface area contributed by atoms with Crippen LogP contribution in [-0.2, 0) is 20.8 Å². The van der Waals surface area contributed by atoms with Crippen LogP contribution in [0.15, 0.2) is 41.6 Å². The number of fused-ring (bicyclic) bond motifs is 1. The third kappa shape index (κ3) is 6.95. The first-order chi connectivity index (χ1) is 14.3. The van der Waals surface area contributed by atoms with E-state index in [4.69, 9.17) is 14.7 Å². The summed E-state index contributed by atoms with van der Waals surface area (Å²) in [6.45, 7) is 3.27. The number of benzene rings is 1. The van der Waals surface area contributed by atoms with Gasteiger partial charge in [-0.2, -0.15) is 0 Å². The number of carbonyl (C=O) groups is 2. The Labute approximate surface area is 175 Å². The SMILES string of the molecule is CC(C)[C@@H]1CC=CCCC=CC(=NOCC(=O)O)Cc2cc(O)cc(O)c2C(=O)O1. The van der Waals surface area contributed by atoms with E-state index in [2.05, 4.69) is 5.16 Å². The molecule has 30 heavy (non-hydrogen) atoms. The van der Waals surface area contributed by atoms with Crippen LogP contribution < -0.4 is 0 Å². The van der Waals surface area contributed by atoms with Crippen LogP contribution in [0.5, 0.6) is 11.5 Å². The van der Waals surface area contributed by atoms with Gasteiger partial charge >= 0.3 is 11.9 Å². The molecule has 2 rings (SSSR count). The van der Waals surface area contributed by atoms with E-state index in [1.807, 2.05) is 32.1 Å². The second-order valence-electron chi connectivity index (χ2n) is 7.30. The highest BCUT2D eigenvalue weighted by Gasteiger charge is 2.24. The number of ether oxygens (including phenoxy) is 1. The summed E-state index contributed by atoms with van der Waals surface area (Å²) in [5.74, 6) is -2.45. The first kappa shape index (κ1) is 23.0. The van der Waals surface area contributed by atoms with E-state index in [1.165, 1.54) is 6.07 Å². The Balaban J connectivity index is 2.46. The number of aliphatic carboxylic acids is 1. The average molecular weight is 417 g/mol. The fourth-order valence-corrected chi connectivity index (χ4v) is 2.94. The van der Waals surface area contributed by atoms with Gasteiger partial charge in [0.25, 0.3) is 0 Å². The predicted octanol–water partition coefficient (Wildman–Crippen LogP) is 3.58. The van der Waals surface area contributed by atoms with Gasteiger partial charge in [0.15, 0.2) is 0 Å². The van der Waals surface area contributed by atoms with Crippen molar-refractivity contribution in [2.24, 2.45) is 11.1 Å². The number of carboxylic acids is 1. The highest BCUT2D eigenvalue weighted by atomic mass is 16.6. The van der Waals surface area contributed by atoms with Crippen LogP contribution >= 0.6 is 0 Å². The summed E-state index contributed by atoms with van der Waals surface area (Å²) in [5, 5.41) is 32.8. The van der Waals surface area contributed by atoms with E-state index < -0.39 is 24.3 Å². The quantitative estimate of drug-likeness (QED) is 0.388. The molecule has 0 saturated heterocycles. The smallest absolute Gasteiger partial charge is 0.344 e. The van der Waals surface area contributed by atoms with Crippen molar-refractivity contribution in [3.63, 3.8) is 0 Å². The number of allylic oxidation sites excluding steroid dienone is 3. The van der Waals surface area contributed by atoms with Gasteiger partial charge in [-0.05, 0) is 36.5 Å². The van der Waals surface area contributed by atoms with Gasteiger partial charge < -0.3 is 24.9 Å². The van der Waals surface area contributed by atoms with E-state index in [1.54, 1.807) is 6.08 Å². The molecule has 0 radical (unpaired) electrons. The third-order valence-corrected chi connectivity index (χ3v) is 4.48. The number of hydrogen-bond acceptors (Lipinski definition) is 7. The number of phenolic OH excluding ortho intramolecular Hbond substituents is 2. The Hall–Kier alpha value is -3.29. The lowest BCUT2D eigenvalue weighted by Gasteiger charge is -2.21. The molecule has 0 spiro atoms. The number of carboxylic acid groups (broad SMARTS) is 1. The van der Waals surface area contributed by atoms with Gasteiger partial charge in [0.1, 0.15) is 23.2 Å². The van der Waals surface area contributed by atoms with Crippen LogP contribution in [0.1, 0.15) is 49.0 Å². The van der Waals surface area contributed by atoms with E-state index >= 15 is 0 Å². The van der Waals surface area contributed by atoms with Crippen LogP contribution in [0, 0.1) is 5.92 Å². The summed E-state index contributed by atoms with van der Waals surface area (Å²) in [7, 11) is 0. The van der Waals surface area contributed by atoms with Crippen molar-refractivity contribution in [3.8, 4) is 11.5 Å². The zero-order chi connectivity index (χ0) is 22.1. The molecule has 1 aromatic carbocycles. The number of carbonyl (C=O) groups excluding carboxylic acids is 1. The molecule has 3 N–H and O–H groups in total. The van der Waals surface area contributed by atoms with Crippen LogP contribution in [0.4, 0.5) is 0 Å². The number of oxime groups is 1. The highest BCUT2D eigenvalue weighted by Crippen LogP contribution is 2.30. The summed E-state index contributed by atoms with van der Waals surface area (Å²) in [5.41, 5.74) is 0.547. The van der Waals surface area contributed by atoms with Crippen molar-refractivity contribution in [1.82, 2.24) is 0 Å². The van der Waals surface area contributed by atoms with E-state index in [0.717, 1.165) is 18.9 Å². The molecule has 0 fully saturated rings. The molecule has 0 unspecified atom stereocenters. The molecule has 1 heterocycles. The molecule has 0 bridgehead atoms. The first-order valence-corrected chi connectivity index (χ1v) is 9.76. The van der Waals surface area contributed by atoms with Gasteiger partial charge in [-0.15, -0.1) is 0 Å². The van der Waals surface area contributed by atoms with Crippen molar-refractivity contribution in [2.45, 2.75) is 45.6 Å². The maximum Gasteiger partial charge on any atom is 0.344 e. The molecule has 1 aliphatic heterocycles. The standard InChI is InChI=1S/C22H27NO7/c1-14(2)19-9-7-5-3-4-6-8-16(23-29-13-20(26)27)10-15-11-17(24)12-18(25)21(15)22(28)30-19/h5-8,11-12,14,19,24-25H,3-4,9-10,13H2,1-2H3,(H,26,27)/t19-/m0/s1. The van der Waals surface area contributed by atoms with Crippen molar-refractivity contribution in [1.29, 1.82) is 0 Å². The fraction of sp³-hybridized carbons (Fsp3) is 0.409. The minimum Gasteiger partial charge on any atom is -0.508 e. The number of esters is 1. The van der Waals surface area contributed by atoms with Gasteiger partial charge in [-0.25, -0.2) is 9.59 Å². The van der Waals surface area contributed by atoms with Crippen molar-refractivity contribution >= 4 is 17.7 Å². The summed E-state index contributed by atoms with van der Waals surface area (Å²) < 4.78 is 5.65. The Morgan fingerprint density at radius 2 is 1.97 bits per heavy atom. The second kappa shape index (κ2) is 11.0. The van der Waals surface area contributed by atoms with E-state index in [0.29, 0.717) is 12.1 Å². The average Bonchev–Trinajstić information content (AvgIpc) is 2.64. The summed E-state index contributed by atoms with van der Waals surface area (Å²) in [6, 6.07) is 2.41. The molecular weight excluding hydrogens is 390 g/mol. The molecule has 0 amide bonds. The molecule has 1 aliphatic rings. The van der Waals surface area contributed by atoms with Crippen molar-refractivity contribution < 1.29 is 34.5 Å². The normalized spacial score (nSPS) is 19.2. The molecule has 8 heteroatoms. The lowest BCUT2D eigenvalue weighted by molar-refractivity contribution is -0.142. The molecule has 8 nitrogen and oxygen atoms in total. The summed E-state index contributed by atoms with van der Waals surface area (Å²) in [4.78, 5) is 28.4. The first-order valence-electron chi connectivity index (χ1n) is 9.76. The summed E-state index contributed by atoms with van der Waals surface area (Å²) >= 11 is 0. The maximum atomic E-state index is 12.9. The molecular formula is C22H27NO7. The number of rotatable bonds is 4. The maximum absolute atomic E-state index is 12.9. The van der Waals surface area contributed by atoms with Gasteiger partial charge in [-0.3, -0.25) is 0 Å². The van der Waals surface area contributed by atoms with Crippen molar-refractivity contribution in [3.05, 3.63) is 47.6 Å². The molecule has 0 aliphatic carbocycles. The molecule has 1 atom stereocenters. The topological polar surface area (TPSA) is 126 Å². The van der Waals surface area contributed by atoms with E-state index in [9.17, 15) is 19.8 Å². The minimum absolute atomic E-state index is 0.0185. The molecule has 162 valence electrons. The molecule has 1 aromatic rings. The van der Waals surface area contributed by atoms with Crippen molar-refractivity contribution in [2.75, 3.05) is 6.61 Å². The fourth-order valence-electron chi connectivity index (χ4n) is 2.94. The third-order valence-electron chi connectivity index (χ3n) is 4.48. The summed E-state index contributed by atoms with van der Waals surface area (Å²) in [6.07, 6.45) is 9.17. The lowest BCUT2D eigenvalue weighted by atomic mass is 9.98. The Morgan fingerprint density at radius 3 is 2.67 bits per heavy atom. The zero-order valence-corrected chi connectivity index (χ0v) is 17.1. The van der Waals surface area contributed by atoms with Gasteiger partial charge in [0.2, 0.25) is 6.61 Å². The van der Waals surface area contributed by atoms with Gasteiger partial charge in [-0.1, -0.05) is 37.2 Å². The van der Waals surface area contributed by atoms with Crippen LogP contribution in [0.25, 0.3) is 0 Å². The number of cyclic esters (lactones) is 1. The molecule has 0 aromatic heterocycles. The Bertz CT molecular complexity index is 855. The Kier molecular flexibility index (Phi) is 8.46. The van der Waals surface area contributed by atoms with Crippen LogP contribution in [0.3, 0.4) is 0 Å². The van der Waals surface area contributed by atoms with E-state index in [-0.39, 0.29) is 35.3 Å². The molecule has 0 saturated carbocycles. The minimum atomic E-state index is -1.17. The number of nitrogens with zero attached hydrogens (tertiary/aromatic N) is 1. The van der Waals surface area contributed by atoms with Gasteiger partial charge in [0.05, 0.1) is 5.71 Å². The largest absolute Gasteiger partial charge is 0.508 e. The highest BCUT2D eigenvalue weighted by molar-refractivity contribution is 6.00. The number of phenols is 2. The predicted molar refractivity (Wildman–Crippen MR) is 111 cm³/mol. The zero-order valence-electron chi connectivity index (χ0n) is 17.1. The van der Waals surface area contributed by atoms with Crippen LogP contribution in [-0.4, -0.2) is 45.7 Å².